The van der Waals surface area contributed by atoms with Gasteiger partial charge in [-0.3, -0.25) is 37.3 Å². The molecule has 0 rings (SSSR count). The highest BCUT2D eigenvalue weighted by atomic mass is 31.2. The summed E-state index contributed by atoms with van der Waals surface area (Å²) in [5.74, 6) is -2.14. The van der Waals surface area contributed by atoms with Crippen molar-refractivity contribution >= 4 is 39.5 Å². The van der Waals surface area contributed by atoms with Gasteiger partial charge in [0.15, 0.2) is 12.2 Å². The predicted octanol–water partition coefficient (Wildman–Crippen LogP) is 22.6. The molecule has 3 N–H and O–H groups in total. The highest BCUT2D eigenvalue weighted by Crippen LogP contribution is 2.45. The lowest BCUT2D eigenvalue weighted by Gasteiger charge is -2.21. The predicted molar refractivity (Wildman–Crippen MR) is 391 cm³/mol. The zero-order valence-electron chi connectivity index (χ0n) is 61.8. The zero-order chi connectivity index (χ0) is 70.4. The van der Waals surface area contributed by atoms with Crippen LogP contribution in [0.5, 0.6) is 0 Å². The Balaban J connectivity index is 5.27. The molecule has 0 bridgehead atoms. The van der Waals surface area contributed by atoms with Crippen molar-refractivity contribution in [3.8, 4) is 0 Å². The molecule has 0 aliphatic heterocycles. The number of carbonyl (C=O) groups is 4. The minimum Gasteiger partial charge on any atom is -0.462 e. The molecule has 96 heavy (non-hydrogen) atoms. The van der Waals surface area contributed by atoms with Crippen LogP contribution in [0.3, 0.4) is 0 Å². The van der Waals surface area contributed by atoms with Gasteiger partial charge in [0.2, 0.25) is 0 Å². The molecule has 0 aromatic heterocycles. The third-order valence-corrected chi connectivity index (χ3v) is 19.4. The van der Waals surface area contributed by atoms with Crippen molar-refractivity contribution in [2.45, 2.75) is 406 Å². The molecule has 2 unspecified atom stereocenters. The average molecular weight is 1410 g/mol. The first-order valence-electron chi connectivity index (χ1n) is 39.6. The van der Waals surface area contributed by atoms with Gasteiger partial charge in [-0.2, -0.15) is 0 Å². The average Bonchev–Trinajstić information content (AvgIpc) is 1.22. The number of phosphoric ester groups is 2. The van der Waals surface area contributed by atoms with Crippen molar-refractivity contribution in [2.75, 3.05) is 39.6 Å². The minimum atomic E-state index is -4.96. The van der Waals surface area contributed by atoms with Gasteiger partial charge in [-0.05, 0) is 51.4 Å². The Morgan fingerprint density at radius 3 is 0.760 bits per heavy atom. The molecule has 0 aromatic carbocycles. The van der Waals surface area contributed by atoms with E-state index < -0.39 is 97.5 Å². The molecule has 0 heterocycles. The number of aliphatic hydroxyl groups is 1. The van der Waals surface area contributed by atoms with Crippen LogP contribution in [0, 0.1) is 0 Å². The van der Waals surface area contributed by atoms with Gasteiger partial charge in [-0.15, -0.1) is 0 Å². The van der Waals surface area contributed by atoms with E-state index in [1.165, 1.54) is 199 Å². The van der Waals surface area contributed by atoms with Gasteiger partial charge >= 0.3 is 39.5 Å². The van der Waals surface area contributed by atoms with E-state index in [2.05, 4.69) is 52.0 Å². The van der Waals surface area contributed by atoms with Gasteiger partial charge in [0, 0.05) is 25.7 Å². The Bertz CT molecular complexity index is 1920. The Labute approximate surface area is 586 Å². The summed E-state index contributed by atoms with van der Waals surface area (Å²) in [6, 6.07) is 0. The lowest BCUT2D eigenvalue weighted by atomic mass is 10.0. The fraction of sp³-hybridized carbons (Fsp3) is 0.896. The van der Waals surface area contributed by atoms with Crippen LogP contribution in [0.4, 0.5) is 0 Å². The second-order valence-corrected chi connectivity index (χ2v) is 30.0. The molecular weight excluding hydrogens is 1260 g/mol. The number of phosphoric acid groups is 2. The molecular formula is C77H146O17P2. The molecule has 0 saturated heterocycles. The summed E-state index contributed by atoms with van der Waals surface area (Å²) in [5, 5.41) is 10.6. The Kier molecular flexibility index (Phi) is 69.1. The lowest BCUT2D eigenvalue weighted by molar-refractivity contribution is -0.161. The Morgan fingerprint density at radius 2 is 0.500 bits per heavy atom. The van der Waals surface area contributed by atoms with E-state index in [1.807, 2.05) is 0 Å². The number of rotatable bonds is 76. The molecule has 566 valence electrons. The van der Waals surface area contributed by atoms with Crippen molar-refractivity contribution < 1.29 is 80.2 Å². The standard InChI is InChI=1S/C77H146O17P2/c1-5-9-13-17-21-25-29-32-34-35-36-38-40-44-48-52-56-60-64-77(82)94-73(68-88-75(80)62-58-54-50-46-43-39-37-33-30-26-22-18-14-10-6-2)70-92-96(85,86)90-66-71(78)65-89-95(83,84)91-69-72(67-87-74(79)61-57-53-49-45-41-28-24-20-16-12-8-4)93-76(81)63-59-55-51-47-42-31-27-23-19-15-11-7-3/h26,30,33,37,71-73,78H,5-25,27-29,31-32,34-36,38-70H2,1-4H3,(H,83,84)(H,85,86)/b30-26-,37-33-/t71-,72+,73+/m0/s1. The maximum absolute atomic E-state index is 13.1. The van der Waals surface area contributed by atoms with Crippen molar-refractivity contribution in [1.29, 1.82) is 0 Å². The Hall–Kier alpha value is -2.46. The molecule has 0 aromatic rings. The first-order chi connectivity index (χ1) is 46.7. The van der Waals surface area contributed by atoms with Crippen LogP contribution < -0.4 is 0 Å². The summed E-state index contributed by atoms with van der Waals surface area (Å²) in [6.07, 6.45) is 64.5. The van der Waals surface area contributed by atoms with Crippen molar-refractivity contribution in [2.24, 2.45) is 0 Å². The van der Waals surface area contributed by atoms with Crippen LogP contribution >= 0.6 is 15.6 Å². The summed E-state index contributed by atoms with van der Waals surface area (Å²) in [5.41, 5.74) is 0. The third-order valence-electron chi connectivity index (χ3n) is 17.5. The fourth-order valence-corrected chi connectivity index (χ4v) is 13.0. The third kappa shape index (κ3) is 70.0. The minimum absolute atomic E-state index is 0.102. The summed E-state index contributed by atoms with van der Waals surface area (Å²) in [7, 11) is -9.92. The van der Waals surface area contributed by atoms with Gasteiger partial charge in [-0.25, -0.2) is 9.13 Å². The lowest BCUT2D eigenvalue weighted by Crippen LogP contribution is -2.30. The molecule has 19 heteroatoms. The van der Waals surface area contributed by atoms with E-state index in [4.69, 9.17) is 37.0 Å². The number of esters is 4. The first kappa shape index (κ1) is 93.5. The number of unbranched alkanes of at least 4 members (excludes halogenated alkanes) is 47. The largest absolute Gasteiger partial charge is 0.472 e. The molecule has 0 aliphatic rings. The van der Waals surface area contributed by atoms with E-state index in [1.54, 1.807) is 0 Å². The smallest absolute Gasteiger partial charge is 0.462 e. The number of ether oxygens (including phenoxy) is 4. The second kappa shape index (κ2) is 71.0. The molecule has 0 fully saturated rings. The zero-order valence-corrected chi connectivity index (χ0v) is 63.6. The summed E-state index contributed by atoms with van der Waals surface area (Å²) < 4.78 is 68.5. The number of carbonyl (C=O) groups excluding carboxylic acids is 4. The van der Waals surface area contributed by atoms with E-state index >= 15 is 0 Å². The van der Waals surface area contributed by atoms with Crippen LogP contribution in [-0.4, -0.2) is 96.7 Å². The fourth-order valence-electron chi connectivity index (χ4n) is 11.4. The maximum Gasteiger partial charge on any atom is 0.472 e. The van der Waals surface area contributed by atoms with Crippen molar-refractivity contribution in [1.82, 2.24) is 0 Å². The second-order valence-electron chi connectivity index (χ2n) is 27.1. The molecule has 0 spiro atoms. The van der Waals surface area contributed by atoms with Crippen molar-refractivity contribution in [3.05, 3.63) is 24.3 Å². The maximum atomic E-state index is 13.1. The monoisotopic (exact) mass is 1410 g/mol. The normalized spacial score (nSPS) is 14.0. The topological polar surface area (TPSA) is 237 Å². The molecule has 0 aliphatic carbocycles. The Morgan fingerprint density at radius 1 is 0.292 bits per heavy atom. The van der Waals surface area contributed by atoms with E-state index in [9.17, 15) is 43.2 Å². The number of hydrogen-bond acceptors (Lipinski definition) is 15. The molecule has 0 saturated carbocycles. The van der Waals surface area contributed by atoms with E-state index in [-0.39, 0.29) is 25.7 Å². The molecule has 17 nitrogen and oxygen atoms in total. The van der Waals surface area contributed by atoms with Gasteiger partial charge in [0.1, 0.15) is 19.3 Å². The molecule has 0 amide bonds. The van der Waals surface area contributed by atoms with Crippen LogP contribution in [0.2, 0.25) is 0 Å². The summed E-state index contributed by atoms with van der Waals surface area (Å²) >= 11 is 0. The molecule has 5 atom stereocenters. The van der Waals surface area contributed by atoms with Crippen molar-refractivity contribution in [3.63, 3.8) is 0 Å². The highest BCUT2D eigenvalue weighted by molar-refractivity contribution is 7.47. The van der Waals surface area contributed by atoms with Gasteiger partial charge in [0.05, 0.1) is 26.4 Å². The number of allylic oxidation sites excluding steroid dienone is 4. The van der Waals surface area contributed by atoms with E-state index in [0.717, 1.165) is 109 Å². The highest BCUT2D eigenvalue weighted by Gasteiger charge is 2.30. The van der Waals surface area contributed by atoms with Crippen LogP contribution in [0.15, 0.2) is 24.3 Å². The van der Waals surface area contributed by atoms with Gasteiger partial charge < -0.3 is 33.8 Å². The summed E-state index contributed by atoms with van der Waals surface area (Å²) in [6.45, 7) is 4.93. The quantitative estimate of drug-likeness (QED) is 0.0169. The van der Waals surface area contributed by atoms with Gasteiger partial charge in [-0.1, -0.05) is 335 Å². The first-order valence-corrected chi connectivity index (χ1v) is 42.6. The van der Waals surface area contributed by atoms with Crippen LogP contribution in [0.1, 0.15) is 387 Å². The molecule has 0 radical (unpaired) electrons. The van der Waals surface area contributed by atoms with E-state index in [0.29, 0.717) is 25.7 Å². The number of aliphatic hydroxyl groups excluding tert-OH is 1. The van der Waals surface area contributed by atoms with Crippen LogP contribution in [-0.2, 0) is 65.4 Å². The van der Waals surface area contributed by atoms with Crippen LogP contribution in [0.25, 0.3) is 0 Å². The van der Waals surface area contributed by atoms with Gasteiger partial charge in [0.25, 0.3) is 0 Å². The SMILES string of the molecule is CCCCCC/C=C\C=C/CCCCCCCC(=O)OC[C@H](COP(=O)(O)OC[C@@H](O)COP(=O)(O)OC[C@@H](COC(=O)CCCCCCCCCCCCC)OC(=O)CCCCCCCCCCCCCC)OC(=O)CCCCCCCCCCCCCCCCCCCC. The number of hydrogen-bond donors (Lipinski definition) is 3. The summed E-state index contributed by atoms with van der Waals surface area (Å²) in [4.78, 5) is 72.8.